The largest absolute Gasteiger partial charge is 0.0622 e. The zero-order chi connectivity index (χ0) is 14.1. The fraction of sp³-hybridized carbons (Fsp3) is 0.400. The Bertz CT molecular complexity index is 545. The van der Waals surface area contributed by atoms with Crippen molar-refractivity contribution in [3.63, 3.8) is 0 Å². The maximum absolute atomic E-state index is 2.43. The maximum Gasteiger partial charge on any atom is 0.00445 e. The Morgan fingerprint density at radius 2 is 1.25 bits per heavy atom. The van der Waals surface area contributed by atoms with E-state index in [-0.39, 0.29) is 10.8 Å². The van der Waals surface area contributed by atoms with Crippen LogP contribution in [0.4, 0.5) is 0 Å². The Balaban J connectivity index is 2.12. The van der Waals surface area contributed by atoms with Gasteiger partial charge in [0.25, 0.3) is 0 Å². The summed E-state index contributed by atoms with van der Waals surface area (Å²) in [5.41, 5.74) is 3.44. The molecule has 0 amide bonds. The maximum atomic E-state index is 2.43. The fourth-order valence-corrected chi connectivity index (χ4v) is 4.14. The summed E-state index contributed by atoms with van der Waals surface area (Å²) in [6.45, 7) is 4.86. The summed E-state index contributed by atoms with van der Waals surface area (Å²) < 4.78 is 0. The van der Waals surface area contributed by atoms with Gasteiger partial charge < -0.3 is 0 Å². The van der Waals surface area contributed by atoms with Gasteiger partial charge in [-0.05, 0) is 29.4 Å². The molecule has 2 aromatic carbocycles. The van der Waals surface area contributed by atoms with E-state index in [2.05, 4.69) is 74.5 Å². The Labute approximate surface area is 122 Å². The zero-order valence-electron chi connectivity index (χ0n) is 12.6. The molecule has 0 unspecified atom stereocenters. The third-order valence-corrected chi connectivity index (χ3v) is 5.48. The molecule has 0 aromatic heterocycles. The average Bonchev–Trinajstić information content (AvgIpc) is 3.00. The van der Waals surface area contributed by atoms with E-state index in [9.17, 15) is 0 Å². The second-order valence-corrected chi connectivity index (χ2v) is 6.65. The van der Waals surface area contributed by atoms with Gasteiger partial charge in [0, 0.05) is 5.41 Å². The third kappa shape index (κ3) is 1.98. The summed E-state index contributed by atoms with van der Waals surface area (Å²) >= 11 is 0. The van der Waals surface area contributed by atoms with E-state index in [0.29, 0.717) is 0 Å². The van der Waals surface area contributed by atoms with Crippen molar-refractivity contribution in [3.8, 4) is 0 Å². The Morgan fingerprint density at radius 3 is 1.80 bits per heavy atom. The first kappa shape index (κ1) is 13.4. The molecule has 0 nitrogen and oxygen atoms in total. The van der Waals surface area contributed by atoms with E-state index in [0.717, 1.165) is 0 Å². The molecule has 0 aliphatic heterocycles. The predicted molar refractivity (Wildman–Crippen MR) is 86.1 cm³/mol. The van der Waals surface area contributed by atoms with Crippen LogP contribution in [0.25, 0.3) is 0 Å². The van der Waals surface area contributed by atoms with Gasteiger partial charge in [0.05, 0.1) is 0 Å². The van der Waals surface area contributed by atoms with E-state index >= 15 is 0 Å². The van der Waals surface area contributed by atoms with E-state index < -0.39 is 0 Å². The highest BCUT2D eigenvalue weighted by molar-refractivity contribution is 5.38. The quantitative estimate of drug-likeness (QED) is 0.689. The monoisotopic (exact) mass is 264 g/mol. The molecule has 104 valence electrons. The van der Waals surface area contributed by atoms with Crippen molar-refractivity contribution in [1.82, 2.24) is 0 Å². The van der Waals surface area contributed by atoms with Crippen LogP contribution in [0.15, 0.2) is 60.7 Å². The van der Waals surface area contributed by atoms with Crippen LogP contribution in [0.3, 0.4) is 0 Å². The van der Waals surface area contributed by atoms with E-state index in [1.165, 1.54) is 36.8 Å². The molecule has 1 saturated carbocycles. The second-order valence-electron chi connectivity index (χ2n) is 6.65. The minimum atomic E-state index is 0.173. The van der Waals surface area contributed by atoms with Gasteiger partial charge in [-0.25, -0.2) is 0 Å². The van der Waals surface area contributed by atoms with Crippen LogP contribution in [0.5, 0.6) is 0 Å². The van der Waals surface area contributed by atoms with E-state index in [4.69, 9.17) is 0 Å². The second kappa shape index (κ2) is 5.09. The van der Waals surface area contributed by atoms with Gasteiger partial charge >= 0.3 is 0 Å². The van der Waals surface area contributed by atoms with Crippen molar-refractivity contribution in [2.24, 2.45) is 0 Å². The van der Waals surface area contributed by atoms with Gasteiger partial charge in [0.2, 0.25) is 0 Å². The minimum absolute atomic E-state index is 0.173. The normalized spacial score (nSPS) is 18.1. The molecule has 2 aromatic rings. The van der Waals surface area contributed by atoms with Crippen molar-refractivity contribution >= 4 is 0 Å². The van der Waals surface area contributed by atoms with Crippen LogP contribution in [-0.4, -0.2) is 0 Å². The smallest absolute Gasteiger partial charge is 0.00445 e. The molecule has 0 bridgehead atoms. The van der Waals surface area contributed by atoms with Gasteiger partial charge in [0.1, 0.15) is 0 Å². The standard InChI is InChI=1S/C20H24/c1-19(2,17-11-5-3-6-12-17)20(15-9-10-16-20)18-13-7-4-8-14-18/h3-8,11-14H,9-10,15-16H2,1-2H3. The van der Waals surface area contributed by atoms with Gasteiger partial charge in [-0.2, -0.15) is 0 Å². The molecule has 0 radical (unpaired) electrons. The lowest BCUT2D eigenvalue weighted by molar-refractivity contribution is 0.256. The van der Waals surface area contributed by atoms with Crippen molar-refractivity contribution < 1.29 is 0 Å². The highest BCUT2D eigenvalue weighted by Crippen LogP contribution is 2.53. The lowest BCUT2D eigenvalue weighted by Gasteiger charge is -2.45. The predicted octanol–water partition coefficient (Wildman–Crippen LogP) is 5.48. The number of hydrogen-bond donors (Lipinski definition) is 0. The molecule has 0 saturated heterocycles. The average molecular weight is 264 g/mol. The molecule has 1 aliphatic carbocycles. The highest BCUT2D eigenvalue weighted by atomic mass is 14.5. The topological polar surface area (TPSA) is 0 Å². The third-order valence-electron chi connectivity index (χ3n) is 5.48. The Morgan fingerprint density at radius 1 is 0.750 bits per heavy atom. The molecule has 0 heteroatoms. The van der Waals surface area contributed by atoms with Crippen molar-refractivity contribution in [3.05, 3.63) is 71.8 Å². The summed E-state index contributed by atoms with van der Waals surface area (Å²) in [4.78, 5) is 0. The summed E-state index contributed by atoms with van der Waals surface area (Å²) in [7, 11) is 0. The molecule has 0 spiro atoms. The Kier molecular flexibility index (Phi) is 3.41. The molecule has 3 rings (SSSR count). The Hall–Kier alpha value is -1.56. The van der Waals surface area contributed by atoms with Crippen LogP contribution in [0, 0.1) is 0 Å². The molecular weight excluding hydrogens is 240 g/mol. The van der Waals surface area contributed by atoms with Gasteiger partial charge in [-0.15, -0.1) is 0 Å². The molecule has 0 heterocycles. The fourth-order valence-electron chi connectivity index (χ4n) is 4.14. The number of rotatable bonds is 3. The summed E-state index contributed by atoms with van der Waals surface area (Å²) in [5, 5.41) is 0. The van der Waals surface area contributed by atoms with Crippen molar-refractivity contribution in [2.75, 3.05) is 0 Å². The van der Waals surface area contributed by atoms with Crippen LogP contribution in [-0.2, 0) is 10.8 Å². The van der Waals surface area contributed by atoms with Crippen molar-refractivity contribution in [2.45, 2.75) is 50.4 Å². The zero-order valence-corrected chi connectivity index (χ0v) is 12.6. The molecule has 1 aliphatic rings. The van der Waals surface area contributed by atoms with Gasteiger partial charge in [-0.3, -0.25) is 0 Å². The summed E-state index contributed by atoms with van der Waals surface area (Å²) in [5.74, 6) is 0. The lowest BCUT2D eigenvalue weighted by Crippen LogP contribution is -2.43. The summed E-state index contributed by atoms with van der Waals surface area (Å²) in [6.07, 6.45) is 5.31. The molecule has 1 fully saturated rings. The number of benzene rings is 2. The van der Waals surface area contributed by atoms with Gasteiger partial charge in [0.15, 0.2) is 0 Å². The van der Waals surface area contributed by atoms with Crippen molar-refractivity contribution in [1.29, 1.82) is 0 Å². The van der Waals surface area contributed by atoms with Gasteiger partial charge in [-0.1, -0.05) is 87.4 Å². The molecule has 0 atom stereocenters. The first-order chi connectivity index (χ1) is 9.67. The van der Waals surface area contributed by atoms with Crippen LogP contribution < -0.4 is 0 Å². The first-order valence-corrected chi connectivity index (χ1v) is 7.78. The van der Waals surface area contributed by atoms with Crippen LogP contribution in [0.1, 0.15) is 50.7 Å². The molecule has 0 N–H and O–H groups in total. The minimum Gasteiger partial charge on any atom is -0.0622 e. The molecule has 20 heavy (non-hydrogen) atoms. The lowest BCUT2D eigenvalue weighted by atomic mass is 9.58. The first-order valence-electron chi connectivity index (χ1n) is 7.78. The summed E-state index contributed by atoms with van der Waals surface area (Å²) in [6, 6.07) is 22.2. The molecular formula is C20H24. The SMILES string of the molecule is CC(C)(c1ccccc1)C1(c2ccccc2)CCCC1. The number of hydrogen-bond acceptors (Lipinski definition) is 0. The van der Waals surface area contributed by atoms with E-state index in [1.54, 1.807) is 0 Å². The van der Waals surface area contributed by atoms with Crippen LogP contribution >= 0.6 is 0 Å². The van der Waals surface area contributed by atoms with E-state index in [1.807, 2.05) is 0 Å². The van der Waals surface area contributed by atoms with Crippen LogP contribution in [0.2, 0.25) is 0 Å². The highest BCUT2D eigenvalue weighted by Gasteiger charge is 2.48.